The lowest BCUT2D eigenvalue weighted by Crippen LogP contribution is -2.44. The van der Waals surface area contributed by atoms with Gasteiger partial charge in [0.2, 0.25) is 5.91 Å². The van der Waals surface area contributed by atoms with E-state index < -0.39 is 11.5 Å². The van der Waals surface area contributed by atoms with Gasteiger partial charge in [-0.05, 0) is 45.0 Å². The first kappa shape index (κ1) is 21.9. The number of carbonyl (C=O) groups excluding carboxylic acids is 3. The van der Waals surface area contributed by atoms with E-state index in [9.17, 15) is 14.4 Å². The summed E-state index contributed by atoms with van der Waals surface area (Å²) in [6.07, 6.45) is 1.36. The standard InChI is InChI=1S/C22H30N2O6/c1-22(2,3)30-21(27)23-11-9-18(10-12-23)29-17-7-5-16(6-8-17)24-14-15(13-19(24)25)20(26)28-4/h5-8,15,18H,9-14H2,1-4H3. The maximum absolute atomic E-state index is 12.2. The quantitative estimate of drug-likeness (QED) is 0.699. The summed E-state index contributed by atoms with van der Waals surface area (Å²) in [5, 5.41) is 0. The van der Waals surface area contributed by atoms with Gasteiger partial charge in [-0.1, -0.05) is 0 Å². The van der Waals surface area contributed by atoms with Gasteiger partial charge in [-0.25, -0.2) is 4.79 Å². The molecule has 2 saturated heterocycles. The van der Waals surface area contributed by atoms with Crippen molar-refractivity contribution in [2.45, 2.75) is 51.7 Å². The summed E-state index contributed by atoms with van der Waals surface area (Å²) in [7, 11) is 1.33. The molecule has 164 valence electrons. The van der Waals surface area contributed by atoms with Crippen molar-refractivity contribution < 1.29 is 28.6 Å². The Morgan fingerprint density at radius 3 is 2.27 bits per heavy atom. The van der Waals surface area contributed by atoms with Crippen molar-refractivity contribution in [3.05, 3.63) is 24.3 Å². The van der Waals surface area contributed by atoms with Gasteiger partial charge in [-0.3, -0.25) is 9.59 Å². The summed E-state index contributed by atoms with van der Waals surface area (Å²) in [5.41, 5.74) is 0.234. The van der Waals surface area contributed by atoms with E-state index in [0.717, 1.165) is 18.5 Å². The van der Waals surface area contributed by atoms with Crippen molar-refractivity contribution in [2.24, 2.45) is 5.92 Å². The first-order chi connectivity index (χ1) is 14.2. The fourth-order valence-electron chi connectivity index (χ4n) is 3.66. The summed E-state index contributed by atoms with van der Waals surface area (Å²) in [5.74, 6) is -0.156. The van der Waals surface area contributed by atoms with Gasteiger partial charge in [-0.15, -0.1) is 0 Å². The number of benzene rings is 1. The van der Waals surface area contributed by atoms with Crippen LogP contribution in [0.25, 0.3) is 0 Å². The number of hydrogen-bond acceptors (Lipinski definition) is 6. The molecule has 1 unspecified atom stereocenters. The van der Waals surface area contributed by atoms with E-state index in [4.69, 9.17) is 14.2 Å². The molecule has 30 heavy (non-hydrogen) atoms. The van der Waals surface area contributed by atoms with Crippen molar-refractivity contribution in [1.82, 2.24) is 4.90 Å². The molecule has 2 amide bonds. The van der Waals surface area contributed by atoms with E-state index in [-0.39, 0.29) is 30.5 Å². The molecule has 0 N–H and O–H groups in total. The van der Waals surface area contributed by atoms with Gasteiger partial charge >= 0.3 is 12.1 Å². The Kier molecular flexibility index (Phi) is 6.53. The predicted octanol–water partition coefficient (Wildman–Crippen LogP) is 2.99. The molecule has 1 aromatic carbocycles. The van der Waals surface area contributed by atoms with Gasteiger partial charge in [0.1, 0.15) is 17.5 Å². The zero-order valence-electron chi connectivity index (χ0n) is 18.1. The zero-order chi connectivity index (χ0) is 21.9. The van der Waals surface area contributed by atoms with Crippen LogP contribution in [-0.2, 0) is 19.1 Å². The number of carbonyl (C=O) groups is 3. The molecule has 2 aliphatic rings. The lowest BCUT2D eigenvalue weighted by molar-refractivity contribution is -0.145. The summed E-state index contributed by atoms with van der Waals surface area (Å²) in [6, 6.07) is 7.30. The minimum Gasteiger partial charge on any atom is -0.490 e. The molecule has 8 nitrogen and oxygen atoms in total. The van der Waals surface area contributed by atoms with Crippen LogP contribution in [0, 0.1) is 5.92 Å². The topological polar surface area (TPSA) is 85.4 Å². The molecule has 0 aromatic heterocycles. The molecule has 0 bridgehead atoms. The summed E-state index contributed by atoms with van der Waals surface area (Å²) >= 11 is 0. The third-order valence-electron chi connectivity index (χ3n) is 5.20. The van der Waals surface area contributed by atoms with Crippen LogP contribution < -0.4 is 9.64 Å². The summed E-state index contributed by atoms with van der Waals surface area (Å²) in [4.78, 5) is 39.4. The van der Waals surface area contributed by atoms with Crippen LogP contribution >= 0.6 is 0 Å². The highest BCUT2D eigenvalue weighted by Gasteiger charge is 2.35. The number of likely N-dealkylation sites (tertiary alicyclic amines) is 1. The lowest BCUT2D eigenvalue weighted by atomic mass is 10.1. The number of rotatable bonds is 4. The van der Waals surface area contributed by atoms with E-state index in [1.54, 1.807) is 9.80 Å². The van der Waals surface area contributed by atoms with Gasteiger partial charge in [-0.2, -0.15) is 0 Å². The van der Waals surface area contributed by atoms with E-state index in [2.05, 4.69) is 0 Å². The number of esters is 1. The molecule has 1 atom stereocenters. The minimum atomic E-state index is -0.500. The monoisotopic (exact) mass is 418 g/mol. The van der Waals surface area contributed by atoms with Gasteiger partial charge in [0.15, 0.2) is 0 Å². The second-order valence-corrected chi connectivity index (χ2v) is 8.71. The maximum atomic E-state index is 12.2. The molecule has 0 spiro atoms. The Balaban J connectivity index is 1.50. The van der Waals surface area contributed by atoms with Gasteiger partial charge in [0, 0.05) is 44.6 Å². The van der Waals surface area contributed by atoms with Crippen molar-refractivity contribution in [1.29, 1.82) is 0 Å². The third-order valence-corrected chi connectivity index (χ3v) is 5.20. The second-order valence-electron chi connectivity index (χ2n) is 8.71. The van der Waals surface area contributed by atoms with E-state index >= 15 is 0 Å². The van der Waals surface area contributed by atoms with Gasteiger partial charge in [0.05, 0.1) is 13.0 Å². The maximum Gasteiger partial charge on any atom is 0.410 e. The molecule has 0 aliphatic carbocycles. The van der Waals surface area contributed by atoms with Crippen molar-refractivity contribution in [3.63, 3.8) is 0 Å². The van der Waals surface area contributed by atoms with Crippen molar-refractivity contribution >= 4 is 23.7 Å². The highest BCUT2D eigenvalue weighted by molar-refractivity contribution is 5.99. The first-order valence-corrected chi connectivity index (χ1v) is 10.3. The van der Waals surface area contributed by atoms with Crippen molar-refractivity contribution in [2.75, 3.05) is 31.6 Å². The Morgan fingerprint density at radius 1 is 1.07 bits per heavy atom. The Bertz CT molecular complexity index is 778. The summed E-state index contributed by atoms with van der Waals surface area (Å²) in [6.45, 7) is 7.08. The predicted molar refractivity (Wildman–Crippen MR) is 110 cm³/mol. The number of hydrogen-bond donors (Lipinski definition) is 0. The average molecular weight is 418 g/mol. The van der Waals surface area contributed by atoms with Crippen LogP contribution in [0.4, 0.5) is 10.5 Å². The molecule has 8 heteroatoms. The number of anilines is 1. The van der Waals surface area contributed by atoms with Crippen LogP contribution in [0.2, 0.25) is 0 Å². The van der Waals surface area contributed by atoms with Gasteiger partial charge in [0.25, 0.3) is 0 Å². The average Bonchev–Trinajstić information content (AvgIpc) is 3.09. The van der Waals surface area contributed by atoms with Crippen LogP contribution in [0.5, 0.6) is 5.75 Å². The van der Waals surface area contributed by atoms with Gasteiger partial charge < -0.3 is 24.0 Å². The molecular weight excluding hydrogens is 388 g/mol. The molecular formula is C22H30N2O6. The second kappa shape index (κ2) is 8.93. The SMILES string of the molecule is COC(=O)C1CC(=O)N(c2ccc(OC3CCN(C(=O)OC(C)(C)C)CC3)cc2)C1. The van der Waals surface area contributed by atoms with E-state index in [1.807, 2.05) is 45.0 Å². The Labute approximate surface area is 177 Å². The van der Waals surface area contributed by atoms with Crippen molar-refractivity contribution in [3.8, 4) is 5.75 Å². The van der Waals surface area contributed by atoms with Crippen LogP contribution in [0.1, 0.15) is 40.0 Å². The number of methoxy groups -OCH3 is 1. The highest BCUT2D eigenvalue weighted by atomic mass is 16.6. The number of piperidine rings is 1. The van der Waals surface area contributed by atoms with E-state index in [1.165, 1.54) is 7.11 Å². The number of nitrogens with zero attached hydrogens (tertiary/aromatic N) is 2. The molecule has 0 radical (unpaired) electrons. The smallest absolute Gasteiger partial charge is 0.410 e. The minimum absolute atomic E-state index is 0.0201. The zero-order valence-corrected chi connectivity index (χ0v) is 18.1. The third kappa shape index (κ3) is 5.43. The van der Waals surface area contributed by atoms with Crippen LogP contribution in [0.3, 0.4) is 0 Å². The lowest BCUT2D eigenvalue weighted by Gasteiger charge is -2.33. The molecule has 1 aromatic rings. The Hall–Kier alpha value is -2.77. The molecule has 0 saturated carbocycles. The fourth-order valence-corrected chi connectivity index (χ4v) is 3.66. The fraction of sp³-hybridized carbons (Fsp3) is 0.591. The Morgan fingerprint density at radius 2 is 1.70 bits per heavy atom. The highest BCUT2D eigenvalue weighted by Crippen LogP contribution is 2.28. The van der Waals surface area contributed by atoms with Crippen LogP contribution in [-0.4, -0.2) is 61.3 Å². The first-order valence-electron chi connectivity index (χ1n) is 10.3. The number of amides is 2. The molecule has 3 rings (SSSR count). The number of ether oxygens (including phenoxy) is 3. The van der Waals surface area contributed by atoms with Crippen LogP contribution in [0.15, 0.2) is 24.3 Å². The summed E-state index contributed by atoms with van der Waals surface area (Å²) < 4.78 is 16.2. The normalized spacial score (nSPS) is 20.3. The molecule has 2 heterocycles. The molecule has 2 fully saturated rings. The largest absolute Gasteiger partial charge is 0.490 e. The molecule has 2 aliphatic heterocycles. The van der Waals surface area contributed by atoms with E-state index in [0.29, 0.717) is 25.4 Å².